The third kappa shape index (κ3) is 3.20. The zero-order valence-corrected chi connectivity index (χ0v) is 11.8. The molecule has 1 aromatic heterocycles. The Morgan fingerprint density at radius 3 is 2.50 bits per heavy atom. The van der Waals surface area contributed by atoms with E-state index >= 15 is 0 Å². The van der Waals surface area contributed by atoms with Crippen LogP contribution in [0.4, 0.5) is 4.39 Å². The van der Waals surface area contributed by atoms with Crippen molar-refractivity contribution in [3.8, 4) is 11.5 Å². The molecule has 0 aliphatic heterocycles. The second kappa shape index (κ2) is 6.49. The maximum atomic E-state index is 13.4. The van der Waals surface area contributed by atoms with Gasteiger partial charge in [0.05, 0.1) is 0 Å². The number of aromatic nitrogens is 1. The molecule has 2 N–H and O–H groups in total. The molecule has 0 radical (unpaired) electrons. The van der Waals surface area contributed by atoms with E-state index in [0.29, 0.717) is 5.75 Å². The molecule has 0 spiro atoms. The Hall–Kier alpha value is -2.53. The van der Waals surface area contributed by atoms with Gasteiger partial charge in [0.1, 0.15) is 25.1 Å². The highest BCUT2D eigenvalue weighted by atomic mass is 19.1. The highest BCUT2D eigenvalue weighted by molar-refractivity contribution is 5.85. The summed E-state index contributed by atoms with van der Waals surface area (Å²) in [6, 6.07) is 13.6. The van der Waals surface area contributed by atoms with Crippen LogP contribution in [0.1, 0.15) is 0 Å². The second-order valence-corrected chi connectivity index (χ2v) is 4.90. The highest BCUT2D eigenvalue weighted by Crippen LogP contribution is 2.24. The lowest BCUT2D eigenvalue weighted by Gasteiger charge is -2.14. The summed E-state index contributed by atoms with van der Waals surface area (Å²) in [5, 5.41) is 10.9. The van der Waals surface area contributed by atoms with E-state index < -0.39 is 11.9 Å². The molecule has 0 saturated heterocycles. The lowest BCUT2D eigenvalue weighted by Crippen LogP contribution is -2.25. The van der Waals surface area contributed by atoms with Crippen molar-refractivity contribution in [1.29, 1.82) is 0 Å². The van der Waals surface area contributed by atoms with Gasteiger partial charge in [-0.25, -0.2) is 4.39 Å². The fourth-order valence-corrected chi connectivity index (χ4v) is 2.16. The normalized spacial score (nSPS) is 12.3. The average molecular weight is 301 g/mol. The fraction of sp³-hybridized carbons (Fsp3) is 0.176. The first kappa shape index (κ1) is 14.4. The van der Waals surface area contributed by atoms with Gasteiger partial charge in [-0.2, -0.15) is 0 Å². The minimum absolute atomic E-state index is 0.0377. The third-order valence-corrected chi connectivity index (χ3v) is 3.25. The number of halogens is 1. The molecule has 1 heterocycles. The van der Waals surface area contributed by atoms with Gasteiger partial charge in [0, 0.05) is 17.1 Å². The standard InChI is InChI=1S/C17H16FNO3/c18-14-4-1-2-6-17(14)22-11-12(20)10-21-16-7-3-5-15-13(16)8-9-19-15/h1-9,12,19-20H,10-11H2. The van der Waals surface area contributed by atoms with Crippen LogP contribution in [0.25, 0.3) is 10.9 Å². The molecule has 4 nitrogen and oxygen atoms in total. The lowest BCUT2D eigenvalue weighted by atomic mass is 10.2. The predicted molar refractivity (Wildman–Crippen MR) is 81.7 cm³/mol. The summed E-state index contributed by atoms with van der Waals surface area (Å²) in [5.41, 5.74) is 0.967. The number of H-pyrrole nitrogens is 1. The Morgan fingerprint density at radius 1 is 0.955 bits per heavy atom. The molecule has 3 aromatic rings. The molecule has 22 heavy (non-hydrogen) atoms. The number of nitrogens with one attached hydrogen (secondary N) is 1. The molecule has 0 amide bonds. The van der Waals surface area contributed by atoms with E-state index in [0.717, 1.165) is 10.9 Å². The molecule has 0 saturated carbocycles. The van der Waals surface area contributed by atoms with Gasteiger partial charge < -0.3 is 19.6 Å². The first-order chi connectivity index (χ1) is 10.7. The van der Waals surface area contributed by atoms with E-state index in [2.05, 4.69) is 4.98 Å². The van der Waals surface area contributed by atoms with Gasteiger partial charge in [0.15, 0.2) is 11.6 Å². The summed E-state index contributed by atoms with van der Waals surface area (Å²) in [5.74, 6) is 0.352. The van der Waals surface area contributed by atoms with Gasteiger partial charge in [0.2, 0.25) is 0 Å². The topological polar surface area (TPSA) is 54.5 Å². The van der Waals surface area contributed by atoms with E-state index in [1.165, 1.54) is 12.1 Å². The van der Waals surface area contributed by atoms with Crippen LogP contribution in [0.5, 0.6) is 11.5 Å². The number of aliphatic hydroxyl groups excluding tert-OH is 1. The van der Waals surface area contributed by atoms with Crippen molar-refractivity contribution in [2.45, 2.75) is 6.10 Å². The van der Waals surface area contributed by atoms with Crippen molar-refractivity contribution in [3.05, 3.63) is 60.5 Å². The van der Waals surface area contributed by atoms with E-state index in [1.807, 2.05) is 30.5 Å². The number of hydrogen-bond donors (Lipinski definition) is 2. The molecule has 2 aromatic carbocycles. The van der Waals surface area contributed by atoms with Crippen LogP contribution in [0.2, 0.25) is 0 Å². The van der Waals surface area contributed by atoms with Gasteiger partial charge in [-0.15, -0.1) is 0 Å². The van der Waals surface area contributed by atoms with E-state index in [9.17, 15) is 9.50 Å². The molecule has 0 fully saturated rings. The quantitative estimate of drug-likeness (QED) is 0.735. The molecular weight excluding hydrogens is 285 g/mol. The van der Waals surface area contributed by atoms with Crippen LogP contribution >= 0.6 is 0 Å². The summed E-state index contributed by atoms with van der Waals surface area (Å²) in [7, 11) is 0. The zero-order chi connectivity index (χ0) is 15.4. The number of hydrogen-bond acceptors (Lipinski definition) is 3. The number of fused-ring (bicyclic) bond motifs is 1. The largest absolute Gasteiger partial charge is 0.490 e. The van der Waals surface area contributed by atoms with Gasteiger partial charge in [0.25, 0.3) is 0 Å². The molecule has 1 unspecified atom stereocenters. The van der Waals surface area contributed by atoms with Crippen molar-refractivity contribution in [1.82, 2.24) is 4.98 Å². The van der Waals surface area contributed by atoms with Gasteiger partial charge in [-0.1, -0.05) is 18.2 Å². The highest BCUT2D eigenvalue weighted by Gasteiger charge is 2.10. The van der Waals surface area contributed by atoms with E-state index in [-0.39, 0.29) is 19.0 Å². The van der Waals surface area contributed by atoms with Gasteiger partial charge in [-0.3, -0.25) is 0 Å². The summed E-state index contributed by atoms with van der Waals surface area (Å²) in [4.78, 5) is 3.09. The minimum atomic E-state index is -0.853. The number of rotatable bonds is 6. The molecule has 0 aliphatic carbocycles. The second-order valence-electron chi connectivity index (χ2n) is 4.90. The van der Waals surface area contributed by atoms with Crippen molar-refractivity contribution >= 4 is 10.9 Å². The Balaban J connectivity index is 1.55. The summed E-state index contributed by atoms with van der Waals surface area (Å²) < 4.78 is 24.3. The van der Waals surface area contributed by atoms with Crippen molar-refractivity contribution in [3.63, 3.8) is 0 Å². The van der Waals surface area contributed by atoms with Crippen LogP contribution in [0.15, 0.2) is 54.7 Å². The molecule has 3 rings (SSSR count). The van der Waals surface area contributed by atoms with Crippen LogP contribution in [0, 0.1) is 5.82 Å². The Kier molecular flexibility index (Phi) is 4.25. The first-order valence-electron chi connectivity index (χ1n) is 6.98. The maximum absolute atomic E-state index is 13.4. The van der Waals surface area contributed by atoms with Gasteiger partial charge >= 0.3 is 0 Å². The van der Waals surface area contributed by atoms with Crippen LogP contribution in [0.3, 0.4) is 0 Å². The number of aromatic amines is 1. The average Bonchev–Trinajstić information content (AvgIpc) is 3.01. The van der Waals surface area contributed by atoms with Gasteiger partial charge in [-0.05, 0) is 30.3 Å². The van der Waals surface area contributed by atoms with Crippen molar-refractivity contribution < 1.29 is 19.0 Å². The Bertz CT molecular complexity index is 756. The van der Waals surface area contributed by atoms with Crippen molar-refractivity contribution in [2.75, 3.05) is 13.2 Å². The number of para-hydroxylation sites is 1. The predicted octanol–water partition coefficient (Wildman–Crippen LogP) is 3.13. The molecule has 114 valence electrons. The fourth-order valence-electron chi connectivity index (χ4n) is 2.16. The molecular formula is C17H16FNO3. The number of ether oxygens (including phenoxy) is 2. The summed E-state index contributed by atoms with van der Waals surface area (Å²) in [6.45, 7) is 0.0305. The third-order valence-electron chi connectivity index (χ3n) is 3.25. The number of aliphatic hydroxyl groups is 1. The van der Waals surface area contributed by atoms with Crippen molar-refractivity contribution in [2.24, 2.45) is 0 Å². The summed E-state index contributed by atoms with van der Waals surface area (Å²) >= 11 is 0. The first-order valence-corrected chi connectivity index (χ1v) is 6.98. The molecule has 0 bridgehead atoms. The van der Waals surface area contributed by atoms with Crippen LogP contribution in [-0.4, -0.2) is 29.4 Å². The summed E-state index contributed by atoms with van der Waals surface area (Å²) in [6.07, 6.45) is 0.976. The minimum Gasteiger partial charge on any atom is -0.490 e. The lowest BCUT2D eigenvalue weighted by molar-refractivity contribution is 0.0618. The zero-order valence-electron chi connectivity index (χ0n) is 11.8. The van der Waals surface area contributed by atoms with E-state index in [1.54, 1.807) is 12.1 Å². The SMILES string of the molecule is OC(COc1ccccc1F)COc1cccc2[nH]ccc12. The van der Waals surface area contributed by atoms with E-state index in [4.69, 9.17) is 9.47 Å². The Morgan fingerprint density at radius 2 is 1.68 bits per heavy atom. The molecule has 1 atom stereocenters. The molecule has 5 heteroatoms. The van der Waals surface area contributed by atoms with Crippen LogP contribution in [-0.2, 0) is 0 Å². The number of benzene rings is 2. The smallest absolute Gasteiger partial charge is 0.165 e. The monoisotopic (exact) mass is 301 g/mol. The Labute approximate surface area is 127 Å². The molecule has 0 aliphatic rings. The van der Waals surface area contributed by atoms with Crippen LogP contribution < -0.4 is 9.47 Å². The maximum Gasteiger partial charge on any atom is 0.165 e.